The average molecular weight is 240 g/mol. The Morgan fingerprint density at radius 3 is 2.81 bits per heavy atom. The second kappa shape index (κ2) is 6.66. The largest absolute Gasteiger partial charge is 0.358 e. The molecule has 1 unspecified atom stereocenters. The van der Waals surface area contributed by atoms with Crippen molar-refractivity contribution in [3.8, 4) is 0 Å². The molecule has 90 valence electrons. The van der Waals surface area contributed by atoms with Crippen molar-refractivity contribution in [1.29, 1.82) is 0 Å². The van der Waals surface area contributed by atoms with Gasteiger partial charge >= 0.3 is 0 Å². The zero-order chi connectivity index (χ0) is 12.0. The number of rotatable bonds is 6. The maximum absolute atomic E-state index is 11.4. The number of carbonyl (C=O) groups excluding carboxylic acids is 1. The van der Waals surface area contributed by atoms with Crippen molar-refractivity contribution in [2.45, 2.75) is 38.8 Å². The van der Waals surface area contributed by atoms with Crippen molar-refractivity contribution in [2.24, 2.45) is 0 Å². The van der Waals surface area contributed by atoms with Gasteiger partial charge in [0.2, 0.25) is 5.91 Å². The van der Waals surface area contributed by atoms with E-state index in [1.165, 1.54) is 4.88 Å². The summed E-state index contributed by atoms with van der Waals surface area (Å²) in [6, 6.07) is 4.44. The zero-order valence-electron chi connectivity index (χ0n) is 10.1. The second-order valence-corrected chi connectivity index (χ2v) is 4.92. The molecule has 0 spiro atoms. The van der Waals surface area contributed by atoms with E-state index in [0.29, 0.717) is 6.04 Å². The summed E-state index contributed by atoms with van der Waals surface area (Å²) in [6.07, 6.45) is 2.02. The van der Waals surface area contributed by atoms with E-state index in [0.717, 1.165) is 12.8 Å². The quantitative estimate of drug-likeness (QED) is 0.796. The molecule has 0 aliphatic heterocycles. The average Bonchev–Trinajstić information content (AvgIpc) is 2.79. The molecular formula is C12H20N2OS. The molecule has 1 aromatic heterocycles. The van der Waals surface area contributed by atoms with Crippen molar-refractivity contribution >= 4 is 17.2 Å². The van der Waals surface area contributed by atoms with Crippen LogP contribution in [0.25, 0.3) is 0 Å². The van der Waals surface area contributed by atoms with Crippen molar-refractivity contribution in [3.05, 3.63) is 22.4 Å². The van der Waals surface area contributed by atoms with Gasteiger partial charge in [0.05, 0.1) is 6.04 Å². The lowest BCUT2D eigenvalue weighted by Gasteiger charge is -2.20. The number of thiophene rings is 1. The molecule has 4 heteroatoms. The monoisotopic (exact) mass is 240 g/mol. The van der Waals surface area contributed by atoms with Crippen molar-refractivity contribution < 1.29 is 4.79 Å². The normalized spacial score (nSPS) is 14.4. The first kappa shape index (κ1) is 13.2. The highest BCUT2D eigenvalue weighted by molar-refractivity contribution is 7.09. The summed E-state index contributed by atoms with van der Waals surface area (Å²) in [6.45, 7) is 4.04. The molecule has 0 aliphatic rings. The molecule has 0 saturated carbocycles. The zero-order valence-corrected chi connectivity index (χ0v) is 10.9. The third kappa shape index (κ3) is 3.94. The number of hydrogen-bond acceptors (Lipinski definition) is 3. The van der Waals surface area contributed by atoms with Gasteiger partial charge in [-0.25, -0.2) is 0 Å². The van der Waals surface area contributed by atoms with Crippen LogP contribution in [0.2, 0.25) is 0 Å². The molecule has 16 heavy (non-hydrogen) atoms. The topological polar surface area (TPSA) is 41.1 Å². The molecule has 1 heterocycles. The van der Waals surface area contributed by atoms with Crippen LogP contribution >= 0.6 is 11.3 Å². The van der Waals surface area contributed by atoms with E-state index in [-0.39, 0.29) is 11.9 Å². The smallest absolute Gasteiger partial charge is 0.236 e. The first-order chi connectivity index (χ1) is 7.67. The Kier molecular flexibility index (Phi) is 5.49. The molecule has 1 rings (SSSR count). The van der Waals surface area contributed by atoms with Crippen LogP contribution in [0.5, 0.6) is 0 Å². The van der Waals surface area contributed by atoms with E-state index in [1.807, 2.05) is 6.92 Å². The third-order valence-electron chi connectivity index (χ3n) is 2.65. The summed E-state index contributed by atoms with van der Waals surface area (Å²) < 4.78 is 0. The lowest BCUT2D eigenvalue weighted by atomic mass is 10.1. The third-order valence-corrected chi connectivity index (χ3v) is 3.54. The lowest BCUT2D eigenvalue weighted by Crippen LogP contribution is -2.46. The molecule has 1 aromatic rings. The minimum absolute atomic E-state index is 0.0460. The van der Waals surface area contributed by atoms with Crippen LogP contribution < -0.4 is 10.6 Å². The van der Waals surface area contributed by atoms with E-state index < -0.39 is 0 Å². The number of likely N-dealkylation sites (N-methyl/N-ethyl adjacent to an activating group) is 1. The van der Waals surface area contributed by atoms with Gasteiger partial charge in [0.25, 0.3) is 0 Å². The van der Waals surface area contributed by atoms with E-state index >= 15 is 0 Å². The van der Waals surface area contributed by atoms with Gasteiger partial charge in [-0.1, -0.05) is 13.0 Å². The molecule has 0 radical (unpaired) electrons. The van der Waals surface area contributed by atoms with Crippen LogP contribution in [0.3, 0.4) is 0 Å². The SMILES string of the molecule is CCC(Cc1cccs1)N[C@H](C)C(=O)NC. The molecule has 3 nitrogen and oxygen atoms in total. The fraction of sp³-hybridized carbons (Fsp3) is 0.583. The van der Waals surface area contributed by atoms with Crippen LogP contribution in [-0.4, -0.2) is 25.0 Å². The minimum Gasteiger partial charge on any atom is -0.358 e. The molecule has 0 aromatic carbocycles. The Labute approximate surface area is 101 Å². The van der Waals surface area contributed by atoms with Crippen molar-refractivity contribution in [1.82, 2.24) is 10.6 Å². The highest BCUT2D eigenvalue weighted by Gasteiger charge is 2.15. The van der Waals surface area contributed by atoms with Gasteiger partial charge in [0.15, 0.2) is 0 Å². The van der Waals surface area contributed by atoms with Gasteiger partial charge in [0, 0.05) is 18.0 Å². The second-order valence-electron chi connectivity index (χ2n) is 3.89. The minimum atomic E-state index is -0.130. The Balaban J connectivity index is 2.46. The van der Waals surface area contributed by atoms with Crippen molar-refractivity contribution in [2.75, 3.05) is 7.05 Å². The number of nitrogens with one attached hydrogen (secondary N) is 2. The van der Waals surface area contributed by atoms with E-state index in [9.17, 15) is 4.79 Å². The van der Waals surface area contributed by atoms with Gasteiger partial charge in [-0.3, -0.25) is 4.79 Å². The first-order valence-corrected chi connectivity index (χ1v) is 6.55. The van der Waals surface area contributed by atoms with Gasteiger partial charge < -0.3 is 10.6 Å². The van der Waals surface area contributed by atoms with Crippen LogP contribution in [0.4, 0.5) is 0 Å². The molecule has 0 fully saturated rings. The molecule has 0 saturated heterocycles. The summed E-state index contributed by atoms with van der Waals surface area (Å²) >= 11 is 1.77. The van der Waals surface area contributed by atoms with Gasteiger partial charge in [-0.15, -0.1) is 11.3 Å². The van der Waals surface area contributed by atoms with E-state index in [4.69, 9.17) is 0 Å². The summed E-state index contributed by atoms with van der Waals surface area (Å²) in [5, 5.41) is 8.09. The van der Waals surface area contributed by atoms with Crippen LogP contribution in [0, 0.1) is 0 Å². The molecule has 0 aliphatic carbocycles. The Morgan fingerprint density at radius 1 is 1.56 bits per heavy atom. The number of hydrogen-bond donors (Lipinski definition) is 2. The highest BCUT2D eigenvalue weighted by atomic mass is 32.1. The summed E-state index contributed by atoms with van der Waals surface area (Å²) in [4.78, 5) is 12.8. The Hall–Kier alpha value is -0.870. The van der Waals surface area contributed by atoms with Gasteiger partial charge in [-0.05, 0) is 31.2 Å². The van der Waals surface area contributed by atoms with Gasteiger partial charge in [-0.2, -0.15) is 0 Å². The van der Waals surface area contributed by atoms with E-state index in [2.05, 4.69) is 35.1 Å². The number of amides is 1. The van der Waals surface area contributed by atoms with Crippen LogP contribution in [0.1, 0.15) is 25.1 Å². The highest BCUT2D eigenvalue weighted by Crippen LogP contribution is 2.12. The molecule has 0 bridgehead atoms. The molecule has 2 N–H and O–H groups in total. The summed E-state index contributed by atoms with van der Waals surface area (Å²) in [7, 11) is 1.67. The maximum Gasteiger partial charge on any atom is 0.236 e. The lowest BCUT2D eigenvalue weighted by molar-refractivity contribution is -0.122. The van der Waals surface area contributed by atoms with Crippen LogP contribution in [-0.2, 0) is 11.2 Å². The van der Waals surface area contributed by atoms with E-state index in [1.54, 1.807) is 18.4 Å². The van der Waals surface area contributed by atoms with Gasteiger partial charge in [0.1, 0.15) is 0 Å². The predicted octanol–water partition coefficient (Wildman–Crippen LogP) is 1.79. The molecule has 1 amide bonds. The fourth-order valence-electron chi connectivity index (χ4n) is 1.64. The summed E-state index contributed by atoms with van der Waals surface area (Å²) in [5.74, 6) is 0.0460. The molecular weight excluding hydrogens is 220 g/mol. The first-order valence-electron chi connectivity index (χ1n) is 5.67. The predicted molar refractivity (Wildman–Crippen MR) is 68.8 cm³/mol. The maximum atomic E-state index is 11.4. The summed E-state index contributed by atoms with van der Waals surface area (Å²) in [5.41, 5.74) is 0. The Morgan fingerprint density at radius 2 is 2.31 bits per heavy atom. The standard InChI is InChI=1S/C12H20N2OS/c1-4-10(8-11-6-5-7-16-11)14-9(2)12(15)13-3/h5-7,9-10,14H,4,8H2,1-3H3,(H,13,15)/t9-,10?/m1/s1. The van der Waals surface area contributed by atoms with Crippen LogP contribution in [0.15, 0.2) is 17.5 Å². The molecule has 2 atom stereocenters. The Bertz CT molecular complexity index is 311. The number of carbonyl (C=O) groups is 1. The van der Waals surface area contributed by atoms with Crippen molar-refractivity contribution in [3.63, 3.8) is 0 Å². The fourth-order valence-corrected chi connectivity index (χ4v) is 2.42.